The van der Waals surface area contributed by atoms with Crippen LogP contribution in [0.1, 0.15) is 26.3 Å². The summed E-state index contributed by atoms with van der Waals surface area (Å²) >= 11 is 0. The van der Waals surface area contributed by atoms with Crippen molar-refractivity contribution in [2.45, 2.75) is 6.92 Å². The van der Waals surface area contributed by atoms with Crippen molar-refractivity contribution in [3.05, 3.63) is 59.5 Å². The molecule has 156 valence electrons. The number of aryl methyl sites for hydroxylation is 1. The molecule has 0 radical (unpaired) electrons. The van der Waals surface area contributed by atoms with Crippen LogP contribution in [0.3, 0.4) is 0 Å². The molecular weight excluding hydrogens is 382 g/mol. The zero-order chi connectivity index (χ0) is 21.3. The predicted molar refractivity (Wildman–Crippen MR) is 114 cm³/mol. The van der Waals surface area contributed by atoms with E-state index in [9.17, 15) is 9.59 Å². The fourth-order valence-corrected chi connectivity index (χ4v) is 3.77. The van der Waals surface area contributed by atoms with Gasteiger partial charge < -0.3 is 19.8 Å². The Morgan fingerprint density at radius 1 is 1.13 bits per heavy atom. The monoisotopic (exact) mass is 407 g/mol. The number of carbonyl (C=O) groups excluding carboxylic acids is 2. The van der Waals surface area contributed by atoms with Crippen LogP contribution in [0, 0.1) is 6.92 Å². The van der Waals surface area contributed by atoms with Crippen molar-refractivity contribution >= 4 is 23.0 Å². The number of piperazine rings is 1. The van der Waals surface area contributed by atoms with Crippen molar-refractivity contribution in [3.63, 3.8) is 0 Å². The van der Waals surface area contributed by atoms with Gasteiger partial charge >= 0.3 is 0 Å². The Bertz CT molecular complexity index is 1100. The number of Topliss-reactive ketones (excluding diaryl/α,β-unsaturated/α-hetero) is 1. The smallest absolute Gasteiger partial charge is 0.257 e. The van der Waals surface area contributed by atoms with E-state index >= 15 is 0 Å². The van der Waals surface area contributed by atoms with Crippen LogP contribution in [0.25, 0.3) is 5.65 Å². The van der Waals surface area contributed by atoms with Gasteiger partial charge in [0, 0.05) is 50.5 Å². The molecular formula is C22H25N5O3. The topological polar surface area (TPSA) is 93.2 Å². The van der Waals surface area contributed by atoms with Gasteiger partial charge in [-0.1, -0.05) is 0 Å². The van der Waals surface area contributed by atoms with E-state index in [4.69, 9.17) is 10.5 Å². The Morgan fingerprint density at radius 2 is 1.90 bits per heavy atom. The van der Waals surface area contributed by atoms with Gasteiger partial charge in [0.05, 0.1) is 24.8 Å². The molecule has 30 heavy (non-hydrogen) atoms. The number of ether oxygens (including phenoxy) is 1. The molecule has 1 aromatic carbocycles. The Hall–Kier alpha value is -3.39. The van der Waals surface area contributed by atoms with Gasteiger partial charge in [0.25, 0.3) is 5.91 Å². The van der Waals surface area contributed by atoms with E-state index in [2.05, 4.69) is 9.88 Å². The minimum Gasteiger partial charge on any atom is -0.496 e. The summed E-state index contributed by atoms with van der Waals surface area (Å²) in [4.78, 5) is 34.0. The minimum absolute atomic E-state index is 0.0363. The minimum atomic E-state index is -0.0412. The standard InChI is InChI=1S/C22H25N5O3/c1-15-12-20(30-2)17(13-18(15)23)19(28)14-25-8-10-27(11-9-25)22(29)16-4-3-6-26-7-5-24-21(16)26/h3-7,12-13H,8-11,14,23H2,1-2H3. The first-order valence-corrected chi connectivity index (χ1v) is 9.88. The number of anilines is 1. The first kappa shape index (κ1) is 19.9. The fraction of sp³-hybridized carbons (Fsp3) is 0.318. The summed E-state index contributed by atoms with van der Waals surface area (Å²) in [5.74, 6) is 0.458. The van der Waals surface area contributed by atoms with Crippen LogP contribution in [-0.2, 0) is 0 Å². The molecule has 2 N–H and O–H groups in total. The van der Waals surface area contributed by atoms with Gasteiger partial charge in [0.15, 0.2) is 5.78 Å². The number of nitrogen functional groups attached to an aromatic ring is 1. The number of rotatable bonds is 5. The van der Waals surface area contributed by atoms with Gasteiger partial charge in [-0.05, 0) is 36.8 Å². The summed E-state index contributed by atoms with van der Waals surface area (Å²) in [7, 11) is 1.55. The molecule has 1 aliphatic heterocycles. The first-order valence-electron chi connectivity index (χ1n) is 9.88. The van der Waals surface area contributed by atoms with Crippen LogP contribution < -0.4 is 10.5 Å². The van der Waals surface area contributed by atoms with E-state index in [1.807, 2.05) is 34.7 Å². The van der Waals surface area contributed by atoms with Gasteiger partial charge in [0.2, 0.25) is 0 Å². The highest BCUT2D eigenvalue weighted by Gasteiger charge is 2.26. The number of hydrogen-bond donors (Lipinski definition) is 1. The molecule has 2 aromatic heterocycles. The first-order chi connectivity index (χ1) is 14.5. The number of benzene rings is 1. The second-order valence-electron chi connectivity index (χ2n) is 7.48. The highest BCUT2D eigenvalue weighted by Crippen LogP contribution is 2.25. The molecule has 3 heterocycles. The average molecular weight is 407 g/mol. The molecule has 8 nitrogen and oxygen atoms in total. The van der Waals surface area contributed by atoms with Crippen LogP contribution in [-0.4, -0.2) is 70.7 Å². The Labute approximate surface area is 174 Å². The number of methoxy groups -OCH3 is 1. The largest absolute Gasteiger partial charge is 0.496 e. The lowest BCUT2D eigenvalue weighted by Crippen LogP contribution is -2.50. The molecule has 0 saturated carbocycles. The Balaban J connectivity index is 1.40. The summed E-state index contributed by atoms with van der Waals surface area (Å²) in [5.41, 5.74) is 9.17. The molecule has 3 aromatic rings. The zero-order valence-corrected chi connectivity index (χ0v) is 17.2. The highest BCUT2D eigenvalue weighted by atomic mass is 16.5. The van der Waals surface area contributed by atoms with Gasteiger partial charge in [-0.15, -0.1) is 0 Å². The van der Waals surface area contributed by atoms with Gasteiger partial charge in [-0.3, -0.25) is 14.5 Å². The van der Waals surface area contributed by atoms with E-state index in [0.29, 0.717) is 54.4 Å². The Kier molecular flexibility index (Phi) is 5.41. The van der Waals surface area contributed by atoms with Crippen molar-refractivity contribution < 1.29 is 14.3 Å². The third-order valence-electron chi connectivity index (χ3n) is 5.56. The molecule has 0 spiro atoms. The van der Waals surface area contributed by atoms with Gasteiger partial charge in [-0.25, -0.2) is 4.98 Å². The lowest BCUT2D eigenvalue weighted by molar-refractivity contribution is 0.0625. The van der Waals surface area contributed by atoms with Gasteiger partial charge in [0.1, 0.15) is 11.4 Å². The molecule has 1 aliphatic rings. The van der Waals surface area contributed by atoms with E-state index in [-0.39, 0.29) is 18.2 Å². The van der Waals surface area contributed by atoms with Crippen molar-refractivity contribution in [1.82, 2.24) is 19.2 Å². The molecule has 0 unspecified atom stereocenters. The average Bonchev–Trinajstić information content (AvgIpc) is 3.24. The third-order valence-corrected chi connectivity index (χ3v) is 5.56. The molecule has 0 aliphatic carbocycles. The summed E-state index contributed by atoms with van der Waals surface area (Å²) in [6.45, 7) is 4.50. The highest BCUT2D eigenvalue weighted by molar-refractivity contribution is 6.01. The number of carbonyl (C=O) groups is 2. The van der Waals surface area contributed by atoms with Gasteiger partial charge in [-0.2, -0.15) is 0 Å². The van der Waals surface area contributed by atoms with E-state index in [1.165, 1.54) is 0 Å². The number of nitrogens with zero attached hydrogens (tertiary/aromatic N) is 4. The molecule has 4 rings (SSSR count). The van der Waals surface area contributed by atoms with Crippen LogP contribution >= 0.6 is 0 Å². The summed E-state index contributed by atoms with van der Waals surface area (Å²) in [6.07, 6.45) is 5.37. The number of imidazole rings is 1. The number of pyridine rings is 1. The number of nitrogens with two attached hydrogens (primary N) is 1. The lowest BCUT2D eigenvalue weighted by atomic mass is 10.0. The molecule has 0 bridgehead atoms. The number of aromatic nitrogens is 2. The van der Waals surface area contributed by atoms with Crippen molar-refractivity contribution in [2.24, 2.45) is 0 Å². The molecule has 0 atom stereocenters. The van der Waals surface area contributed by atoms with E-state index in [1.54, 1.807) is 31.5 Å². The summed E-state index contributed by atoms with van der Waals surface area (Å²) in [6, 6.07) is 7.11. The maximum Gasteiger partial charge on any atom is 0.257 e. The van der Waals surface area contributed by atoms with Crippen LogP contribution in [0.4, 0.5) is 5.69 Å². The molecule has 1 fully saturated rings. The number of fused-ring (bicyclic) bond motifs is 1. The predicted octanol–water partition coefficient (Wildman–Crippen LogP) is 1.87. The lowest BCUT2D eigenvalue weighted by Gasteiger charge is -2.34. The fourth-order valence-electron chi connectivity index (χ4n) is 3.77. The quantitative estimate of drug-likeness (QED) is 0.513. The third kappa shape index (κ3) is 3.73. The van der Waals surface area contributed by atoms with Crippen molar-refractivity contribution in [1.29, 1.82) is 0 Å². The van der Waals surface area contributed by atoms with E-state index in [0.717, 1.165) is 5.56 Å². The van der Waals surface area contributed by atoms with Crippen LogP contribution in [0.15, 0.2) is 42.9 Å². The SMILES string of the molecule is COc1cc(C)c(N)cc1C(=O)CN1CCN(C(=O)c2cccn3ccnc23)CC1. The maximum absolute atomic E-state index is 13.0. The van der Waals surface area contributed by atoms with Crippen molar-refractivity contribution in [3.8, 4) is 5.75 Å². The summed E-state index contributed by atoms with van der Waals surface area (Å²) < 4.78 is 7.20. The normalized spacial score (nSPS) is 14.8. The second kappa shape index (κ2) is 8.16. The Morgan fingerprint density at radius 3 is 2.63 bits per heavy atom. The van der Waals surface area contributed by atoms with Crippen LogP contribution in [0.5, 0.6) is 5.75 Å². The maximum atomic E-state index is 13.0. The second-order valence-corrected chi connectivity index (χ2v) is 7.48. The molecule has 8 heteroatoms. The zero-order valence-electron chi connectivity index (χ0n) is 17.2. The number of amides is 1. The number of ketones is 1. The summed E-state index contributed by atoms with van der Waals surface area (Å²) in [5, 5.41) is 0. The van der Waals surface area contributed by atoms with E-state index < -0.39 is 0 Å². The van der Waals surface area contributed by atoms with Crippen molar-refractivity contribution in [2.75, 3.05) is 45.6 Å². The number of hydrogen-bond acceptors (Lipinski definition) is 6. The van der Waals surface area contributed by atoms with Crippen LogP contribution in [0.2, 0.25) is 0 Å². The molecule has 1 amide bonds. The molecule has 1 saturated heterocycles.